The Hall–Kier alpha value is -3.70. The molecule has 3 aromatic heterocycles. The van der Waals surface area contributed by atoms with Crippen molar-refractivity contribution in [1.82, 2.24) is 24.8 Å². The van der Waals surface area contributed by atoms with Gasteiger partial charge in [-0.15, -0.1) is 0 Å². The van der Waals surface area contributed by atoms with E-state index in [9.17, 15) is 22.4 Å². The Kier molecular flexibility index (Phi) is 4.08. The van der Waals surface area contributed by atoms with Crippen LogP contribution in [0, 0.1) is 11.6 Å². The Morgan fingerprint density at radius 1 is 1.27 bits per heavy atom. The molecule has 5 rings (SSSR count). The zero-order chi connectivity index (χ0) is 21.0. The molecule has 4 heterocycles. The van der Waals surface area contributed by atoms with E-state index in [4.69, 9.17) is 8.83 Å². The first-order valence-corrected chi connectivity index (χ1v) is 8.74. The minimum absolute atomic E-state index is 0.0810. The molecular weight excluding hydrogens is 410 g/mol. The molecule has 0 spiro atoms. The van der Waals surface area contributed by atoms with E-state index in [-0.39, 0.29) is 23.5 Å². The van der Waals surface area contributed by atoms with Crippen LogP contribution in [0.25, 0.3) is 11.1 Å². The third-order valence-corrected chi connectivity index (χ3v) is 4.85. The Labute approximate surface area is 164 Å². The average Bonchev–Trinajstić information content (AvgIpc) is 3.44. The second-order valence-corrected chi connectivity index (χ2v) is 6.57. The van der Waals surface area contributed by atoms with E-state index in [0.717, 1.165) is 12.5 Å². The van der Waals surface area contributed by atoms with E-state index in [2.05, 4.69) is 19.9 Å². The lowest BCUT2D eigenvalue weighted by atomic mass is 10.0. The van der Waals surface area contributed by atoms with Crippen molar-refractivity contribution in [2.45, 2.75) is 18.9 Å². The van der Waals surface area contributed by atoms with Crippen LogP contribution in [0.3, 0.4) is 0 Å². The second-order valence-electron chi connectivity index (χ2n) is 6.57. The SMILES string of the molecule is O=C(c1ocnc1C(F)F)N1CCc2[nH]cnc2[C@H]1c1nc2c(F)cc(F)cc2o1. The summed E-state index contributed by atoms with van der Waals surface area (Å²) in [6.07, 6.45) is -0.522. The van der Waals surface area contributed by atoms with Crippen LogP contribution >= 0.6 is 0 Å². The van der Waals surface area contributed by atoms with E-state index in [1.165, 1.54) is 11.2 Å². The van der Waals surface area contributed by atoms with Gasteiger partial charge in [0.1, 0.15) is 11.3 Å². The lowest BCUT2D eigenvalue weighted by Gasteiger charge is -2.32. The molecule has 0 unspecified atom stereocenters. The van der Waals surface area contributed by atoms with E-state index in [1.54, 1.807) is 0 Å². The molecule has 0 radical (unpaired) electrons. The van der Waals surface area contributed by atoms with Gasteiger partial charge < -0.3 is 18.7 Å². The Balaban J connectivity index is 1.64. The van der Waals surface area contributed by atoms with Crippen LogP contribution in [0.1, 0.15) is 46.0 Å². The summed E-state index contributed by atoms with van der Waals surface area (Å²) in [7, 11) is 0. The number of aromatic nitrogens is 4. The van der Waals surface area contributed by atoms with Crippen LogP contribution in [0.4, 0.5) is 17.6 Å². The number of hydrogen-bond donors (Lipinski definition) is 1. The number of fused-ring (bicyclic) bond motifs is 2. The van der Waals surface area contributed by atoms with Gasteiger partial charge in [-0.2, -0.15) is 0 Å². The largest absolute Gasteiger partial charge is 0.438 e. The van der Waals surface area contributed by atoms with Crippen LogP contribution in [0.15, 0.2) is 33.7 Å². The summed E-state index contributed by atoms with van der Waals surface area (Å²) in [5, 5.41) is 0. The molecule has 1 amide bonds. The summed E-state index contributed by atoms with van der Waals surface area (Å²) < 4.78 is 64.5. The minimum atomic E-state index is -3.02. The molecule has 1 aliphatic heterocycles. The van der Waals surface area contributed by atoms with Crippen molar-refractivity contribution in [2.24, 2.45) is 0 Å². The van der Waals surface area contributed by atoms with Crippen LogP contribution < -0.4 is 0 Å². The van der Waals surface area contributed by atoms with Crippen molar-refractivity contribution in [3.63, 3.8) is 0 Å². The molecule has 8 nitrogen and oxygen atoms in total. The number of carbonyl (C=O) groups excluding carboxylic acids is 1. The number of oxazole rings is 2. The standard InChI is InChI=1S/C18H11F4N5O3/c19-7-3-8(20)11-10(4-7)30-17(26-11)14-12-9(23-5-24-12)1-2-27(14)18(28)15-13(16(21)22)25-6-29-15/h3-6,14,16H,1-2H2,(H,23,24)/t14-/m0/s1. The van der Waals surface area contributed by atoms with Gasteiger partial charge >= 0.3 is 0 Å². The maximum Gasteiger partial charge on any atom is 0.292 e. The molecule has 1 N–H and O–H groups in total. The number of nitrogens with one attached hydrogen (secondary N) is 1. The zero-order valence-corrected chi connectivity index (χ0v) is 14.9. The van der Waals surface area contributed by atoms with Crippen LogP contribution in [0.5, 0.6) is 0 Å². The minimum Gasteiger partial charge on any atom is -0.438 e. The van der Waals surface area contributed by atoms with E-state index in [1.807, 2.05) is 0 Å². The summed E-state index contributed by atoms with van der Waals surface area (Å²) in [6.45, 7) is 0.0810. The molecule has 0 aliphatic carbocycles. The normalized spacial score (nSPS) is 16.4. The van der Waals surface area contributed by atoms with Crippen molar-refractivity contribution >= 4 is 17.0 Å². The van der Waals surface area contributed by atoms with Crippen molar-refractivity contribution in [2.75, 3.05) is 6.54 Å². The molecule has 1 aliphatic rings. The van der Waals surface area contributed by atoms with Crippen molar-refractivity contribution in [1.29, 1.82) is 0 Å². The van der Waals surface area contributed by atoms with Crippen molar-refractivity contribution in [3.05, 3.63) is 65.2 Å². The Morgan fingerprint density at radius 2 is 2.10 bits per heavy atom. The number of alkyl halides is 2. The third kappa shape index (κ3) is 2.75. The number of benzene rings is 1. The number of imidazole rings is 1. The smallest absolute Gasteiger partial charge is 0.292 e. The van der Waals surface area contributed by atoms with Crippen molar-refractivity contribution in [3.8, 4) is 0 Å². The molecule has 0 bridgehead atoms. The number of H-pyrrole nitrogens is 1. The summed E-state index contributed by atoms with van der Waals surface area (Å²) in [5.41, 5.74) is -0.165. The number of nitrogens with zero attached hydrogens (tertiary/aromatic N) is 4. The predicted molar refractivity (Wildman–Crippen MR) is 90.6 cm³/mol. The lowest BCUT2D eigenvalue weighted by Crippen LogP contribution is -2.41. The molecule has 12 heteroatoms. The number of aromatic amines is 1. The van der Waals surface area contributed by atoms with Gasteiger partial charge in [0.05, 0.1) is 12.0 Å². The van der Waals surface area contributed by atoms with Gasteiger partial charge in [-0.1, -0.05) is 0 Å². The molecule has 30 heavy (non-hydrogen) atoms. The highest BCUT2D eigenvalue weighted by atomic mass is 19.3. The maximum atomic E-state index is 14.1. The van der Waals surface area contributed by atoms with Gasteiger partial charge in [0, 0.05) is 30.8 Å². The highest BCUT2D eigenvalue weighted by Crippen LogP contribution is 2.36. The van der Waals surface area contributed by atoms with Gasteiger partial charge in [-0.3, -0.25) is 4.79 Å². The topological polar surface area (TPSA) is 101 Å². The monoisotopic (exact) mass is 421 g/mol. The van der Waals surface area contributed by atoms with Gasteiger partial charge in [0.25, 0.3) is 12.3 Å². The van der Waals surface area contributed by atoms with E-state index < -0.39 is 41.5 Å². The highest BCUT2D eigenvalue weighted by Gasteiger charge is 2.40. The van der Waals surface area contributed by atoms with Crippen LogP contribution in [-0.4, -0.2) is 37.3 Å². The molecule has 0 saturated carbocycles. The number of carbonyl (C=O) groups is 1. The fourth-order valence-corrected chi connectivity index (χ4v) is 3.54. The average molecular weight is 421 g/mol. The predicted octanol–water partition coefficient (Wildman–Crippen LogP) is 3.54. The zero-order valence-electron chi connectivity index (χ0n) is 14.9. The maximum absolute atomic E-state index is 14.1. The molecule has 0 saturated heterocycles. The lowest BCUT2D eigenvalue weighted by molar-refractivity contribution is 0.0620. The molecule has 4 aromatic rings. The molecule has 0 fully saturated rings. The van der Waals surface area contributed by atoms with Gasteiger partial charge in [0.15, 0.2) is 29.5 Å². The summed E-state index contributed by atoms with van der Waals surface area (Å²) >= 11 is 0. The van der Waals surface area contributed by atoms with Crippen LogP contribution in [0.2, 0.25) is 0 Å². The number of amides is 1. The molecular formula is C18H11F4N5O3. The fraction of sp³-hybridized carbons (Fsp3) is 0.222. The van der Waals surface area contributed by atoms with Crippen molar-refractivity contribution < 1.29 is 31.2 Å². The van der Waals surface area contributed by atoms with Gasteiger partial charge in [-0.05, 0) is 0 Å². The molecule has 1 aromatic carbocycles. The van der Waals surface area contributed by atoms with Gasteiger partial charge in [0.2, 0.25) is 11.7 Å². The summed E-state index contributed by atoms with van der Waals surface area (Å²) in [4.78, 5) is 28.8. The van der Waals surface area contributed by atoms with E-state index >= 15 is 0 Å². The van der Waals surface area contributed by atoms with Crippen LogP contribution in [-0.2, 0) is 6.42 Å². The first-order valence-electron chi connectivity index (χ1n) is 8.74. The summed E-state index contributed by atoms with van der Waals surface area (Å²) in [6, 6.07) is 0.542. The number of rotatable bonds is 3. The third-order valence-electron chi connectivity index (χ3n) is 4.85. The number of hydrogen-bond acceptors (Lipinski definition) is 6. The molecule has 154 valence electrons. The summed E-state index contributed by atoms with van der Waals surface area (Å²) in [5.74, 6) is -3.44. The highest BCUT2D eigenvalue weighted by molar-refractivity contribution is 5.93. The fourth-order valence-electron chi connectivity index (χ4n) is 3.54. The first kappa shape index (κ1) is 18.3. The van der Waals surface area contributed by atoms with Gasteiger partial charge in [-0.25, -0.2) is 32.5 Å². The Morgan fingerprint density at radius 3 is 2.90 bits per heavy atom. The second kappa shape index (κ2) is 6.68. The first-order chi connectivity index (χ1) is 14.4. The molecule has 1 atom stereocenters. The van der Waals surface area contributed by atoms with E-state index in [0.29, 0.717) is 23.9 Å². The Bertz CT molecular complexity index is 1260. The number of halogens is 4. The quantitative estimate of drug-likeness (QED) is 0.508.